The van der Waals surface area contributed by atoms with Gasteiger partial charge in [0.1, 0.15) is 0 Å². The molecule has 4 N–H and O–H groups in total. The first-order valence-electron chi connectivity index (χ1n) is 1.94. The minimum atomic E-state index is -0.583. The van der Waals surface area contributed by atoms with E-state index in [0.29, 0.717) is 0 Å². The van der Waals surface area contributed by atoms with Crippen LogP contribution in [0, 0.1) is 6.42 Å². The van der Waals surface area contributed by atoms with Crippen LogP contribution < -0.4 is 11.5 Å². The molecule has 0 amide bonds. The van der Waals surface area contributed by atoms with Crippen molar-refractivity contribution in [2.24, 2.45) is 11.5 Å². The molecule has 0 aliphatic carbocycles. The highest BCUT2D eigenvalue weighted by molar-refractivity contribution is 4.82. The van der Waals surface area contributed by atoms with Crippen LogP contribution in [0.5, 0.6) is 0 Å². The second-order valence-corrected chi connectivity index (χ2v) is 1.65. The highest BCUT2D eigenvalue weighted by Crippen LogP contribution is 1.88. The molecule has 0 aliphatic heterocycles. The summed E-state index contributed by atoms with van der Waals surface area (Å²) in [6, 6.07) is 0. The monoisotopic (exact) mass is 87.1 g/mol. The smallest absolute Gasteiger partial charge is 0.0637 e. The Hall–Kier alpha value is -0.0800. The number of nitrogens with two attached hydrogens (primary N) is 2. The largest absolute Gasteiger partial charge is 0.313 e. The summed E-state index contributed by atoms with van der Waals surface area (Å²) in [5, 5.41) is 0. The SMILES string of the molecule is C[CH]C(C)(N)N. The number of rotatable bonds is 1. The molecule has 0 spiro atoms. The Labute approximate surface area is 38.5 Å². The van der Waals surface area contributed by atoms with Crippen LogP contribution in [0.3, 0.4) is 0 Å². The molecule has 2 heteroatoms. The van der Waals surface area contributed by atoms with Crippen molar-refractivity contribution in [2.45, 2.75) is 19.5 Å². The third kappa shape index (κ3) is 3.92. The van der Waals surface area contributed by atoms with Crippen LogP contribution in [-0.4, -0.2) is 5.66 Å². The fraction of sp³-hybridized carbons (Fsp3) is 0.750. The van der Waals surface area contributed by atoms with Crippen molar-refractivity contribution in [3.8, 4) is 0 Å². The van der Waals surface area contributed by atoms with Crippen molar-refractivity contribution >= 4 is 0 Å². The first-order chi connectivity index (χ1) is 2.56. The molecule has 1 radical (unpaired) electrons. The van der Waals surface area contributed by atoms with Crippen molar-refractivity contribution in [3.05, 3.63) is 6.42 Å². The minimum Gasteiger partial charge on any atom is -0.313 e. The summed E-state index contributed by atoms with van der Waals surface area (Å²) in [6.07, 6.45) is 1.74. The maximum Gasteiger partial charge on any atom is 0.0637 e. The molecule has 0 aromatic heterocycles. The van der Waals surface area contributed by atoms with Crippen molar-refractivity contribution in [1.82, 2.24) is 0 Å². The van der Waals surface area contributed by atoms with E-state index in [9.17, 15) is 0 Å². The maximum atomic E-state index is 5.26. The Bertz CT molecular complexity index is 35.3. The average molecular weight is 87.1 g/mol. The summed E-state index contributed by atoms with van der Waals surface area (Å²) in [5.41, 5.74) is 9.93. The van der Waals surface area contributed by atoms with Gasteiger partial charge in [-0.15, -0.1) is 0 Å². The standard InChI is InChI=1S/C4H11N2/c1-3-4(2,5)6/h3H,5-6H2,1-2H3. The highest BCUT2D eigenvalue weighted by atomic mass is 14.9. The van der Waals surface area contributed by atoms with E-state index in [4.69, 9.17) is 11.5 Å². The van der Waals surface area contributed by atoms with Gasteiger partial charge in [0, 0.05) is 0 Å². The van der Waals surface area contributed by atoms with Crippen LogP contribution in [0.25, 0.3) is 0 Å². The first-order valence-corrected chi connectivity index (χ1v) is 1.94. The molecule has 0 aromatic carbocycles. The Morgan fingerprint density at radius 1 is 1.50 bits per heavy atom. The summed E-state index contributed by atoms with van der Waals surface area (Å²) >= 11 is 0. The van der Waals surface area contributed by atoms with Gasteiger partial charge in [0.15, 0.2) is 0 Å². The second kappa shape index (κ2) is 1.58. The van der Waals surface area contributed by atoms with Gasteiger partial charge in [0.05, 0.1) is 5.66 Å². The molecule has 0 atom stereocenters. The predicted octanol–water partition coefficient (Wildman–Crippen LogP) is -0.156. The number of hydrogen-bond acceptors (Lipinski definition) is 2. The molecule has 0 unspecified atom stereocenters. The highest BCUT2D eigenvalue weighted by Gasteiger charge is 2.04. The quantitative estimate of drug-likeness (QED) is 0.437. The molecule has 0 aromatic rings. The summed E-state index contributed by atoms with van der Waals surface area (Å²) < 4.78 is 0. The van der Waals surface area contributed by atoms with Gasteiger partial charge in [-0.1, -0.05) is 6.92 Å². The molecule has 0 heterocycles. The third-order valence-electron chi connectivity index (χ3n) is 0.622. The van der Waals surface area contributed by atoms with Crippen molar-refractivity contribution in [3.63, 3.8) is 0 Å². The van der Waals surface area contributed by atoms with Gasteiger partial charge < -0.3 is 11.5 Å². The zero-order chi connectivity index (χ0) is 5.21. The molecule has 6 heavy (non-hydrogen) atoms. The normalized spacial score (nSPS) is 12.0. The molecule has 37 valence electrons. The lowest BCUT2D eigenvalue weighted by atomic mass is 10.2. The van der Waals surface area contributed by atoms with E-state index < -0.39 is 5.66 Å². The summed E-state index contributed by atoms with van der Waals surface area (Å²) in [7, 11) is 0. The van der Waals surface area contributed by atoms with Crippen LogP contribution in [0.15, 0.2) is 0 Å². The van der Waals surface area contributed by atoms with E-state index in [1.807, 2.05) is 6.92 Å². The molecule has 0 fully saturated rings. The summed E-state index contributed by atoms with van der Waals surface area (Å²) in [4.78, 5) is 0. The topological polar surface area (TPSA) is 52.0 Å². The van der Waals surface area contributed by atoms with Gasteiger partial charge in [-0.2, -0.15) is 0 Å². The van der Waals surface area contributed by atoms with Gasteiger partial charge in [0.2, 0.25) is 0 Å². The van der Waals surface area contributed by atoms with Crippen LogP contribution in [-0.2, 0) is 0 Å². The van der Waals surface area contributed by atoms with Gasteiger partial charge >= 0.3 is 0 Å². The molecular formula is C4H11N2. The van der Waals surface area contributed by atoms with Crippen LogP contribution in [0.4, 0.5) is 0 Å². The first kappa shape index (κ1) is 5.92. The van der Waals surface area contributed by atoms with E-state index in [-0.39, 0.29) is 0 Å². The van der Waals surface area contributed by atoms with Crippen molar-refractivity contribution in [2.75, 3.05) is 0 Å². The number of hydrogen-bond donors (Lipinski definition) is 2. The van der Waals surface area contributed by atoms with Crippen molar-refractivity contribution in [1.29, 1.82) is 0 Å². The Balaban J connectivity index is 3.17. The summed E-state index contributed by atoms with van der Waals surface area (Å²) in [5.74, 6) is 0. The molecule has 0 saturated heterocycles. The fourth-order valence-corrected chi connectivity index (χ4v) is 0. The average Bonchev–Trinajstić information content (AvgIpc) is 1.35. The molecule has 0 rings (SSSR count). The molecular weight excluding hydrogens is 76.1 g/mol. The lowest BCUT2D eigenvalue weighted by Gasteiger charge is -2.13. The van der Waals surface area contributed by atoms with Gasteiger partial charge in [-0.25, -0.2) is 0 Å². The van der Waals surface area contributed by atoms with Crippen LogP contribution >= 0.6 is 0 Å². The summed E-state index contributed by atoms with van der Waals surface area (Å²) in [6.45, 7) is 3.58. The van der Waals surface area contributed by atoms with Gasteiger partial charge in [0.25, 0.3) is 0 Å². The predicted molar refractivity (Wildman–Crippen MR) is 26.8 cm³/mol. The molecule has 0 saturated carbocycles. The van der Waals surface area contributed by atoms with Gasteiger partial charge in [-0.05, 0) is 13.3 Å². The Morgan fingerprint density at radius 2 is 1.67 bits per heavy atom. The van der Waals surface area contributed by atoms with E-state index in [2.05, 4.69) is 0 Å². The zero-order valence-electron chi connectivity index (χ0n) is 4.23. The Kier molecular flexibility index (Phi) is 1.56. The lowest BCUT2D eigenvalue weighted by Crippen LogP contribution is -2.45. The zero-order valence-corrected chi connectivity index (χ0v) is 4.23. The lowest BCUT2D eigenvalue weighted by molar-refractivity contribution is 0.570. The van der Waals surface area contributed by atoms with E-state index in [1.54, 1.807) is 13.3 Å². The fourth-order valence-electron chi connectivity index (χ4n) is 0. The minimum absolute atomic E-state index is 0.583. The van der Waals surface area contributed by atoms with E-state index in [0.717, 1.165) is 0 Å². The van der Waals surface area contributed by atoms with E-state index in [1.165, 1.54) is 0 Å². The second-order valence-electron chi connectivity index (χ2n) is 1.65. The van der Waals surface area contributed by atoms with Crippen molar-refractivity contribution < 1.29 is 0 Å². The van der Waals surface area contributed by atoms with Gasteiger partial charge in [-0.3, -0.25) is 0 Å². The Morgan fingerprint density at radius 3 is 1.67 bits per heavy atom. The maximum absolute atomic E-state index is 5.26. The molecule has 0 bridgehead atoms. The molecule has 2 nitrogen and oxygen atoms in total. The molecule has 0 aliphatic rings. The van der Waals surface area contributed by atoms with Crippen LogP contribution in [0.1, 0.15) is 13.8 Å². The van der Waals surface area contributed by atoms with E-state index >= 15 is 0 Å². The van der Waals surface area contributed by atoms with Crippen LogP contribution in [0.2, 0.25) is 0 Å². The third-order valence-corrected chi connectivity index (χ3v) is 0.622.